The van der Waals surface area contributed by atoms with Crippen LogP contribution in [0.5, 0.6) is 0 Å². The molecular formula is C16H15F3N6O2. The lowest BCUT2D eigenvalue weighted by molar-refractivity contribution is -0.141. The van der Waals surface area contributed by atoms with E-state index in [1.807, 2.05) is 30.3 Å². The number of benzene rings is 1. The maximum atomic E-state index is 12.6. The number of hydrogen-bond donors (Lipinski definition) is 2. The van der Waals surface area contributed by atoms with Gasteiger partial charge in [-0.25, -0.2) is 0 Å². The van der Waals surface area contributed by atoms with Gasteiger partial charge in [-0.2, -0.15) is 23.3 Å². The zero-order valence-corrected chi connectivity index (χ0v) is 14.1. The number of carbonyl (C=O) groups is 1. The van der Waals surface area contributed by atoms with Gasteiger partial charge in [0.1, 0.15) is 5.69 Å². The maximum Gasteiger partial charge on any atom is 0.435 e. The van der Waals surface area contributed by atoms with Crippen molar-refractivity contribution >= 4 is 11.9 Å². The number of nitrogens with one attached hydrogen (secondary N) is 2. The van der Waals surface area contributed by atoms with Crippen molar-refractivity contribution in [1.29, 1.82) is 0 Å². The first-order valence-electron chi connectivity index (χ1n) is 7.83. The number of halogens is 3. The van der Waals surface area contributed by atoms with Crippen molar-refractivity contribution in [2.45, 2.75) is 19.3 Å². The standard InChI is InChI=1S/C16H15F3N6O2/c1-25-11(7-12(23-25)16(17,18)19)14(26)20-9-13-22-15(24-27-13)21-8-10-5-3-2-4-6-10/h2-7H,8-9H2,1H3,(H,20,26)(H,21,24). The first-order chi connectivity index (χ1) is 12.8. The molecule has 0 bridgehead atoms. The smallest absolute Gasteiger partial charge is 0.348 e. The topological polar surface area (TPSA) is 97.9 Å². The summed E-state index contributed by atoms with van der Waals surface area (Å²) in [5.74, 6) is -0.391. The van der Waals surface area contributed by atoms with E-state index in [4.69, 9.17) is 4.52 Å². The molecule has 0 saturated carbocycles. The fraction of sp³-hybridized carbons (Fsp3) is 0.250. The van der Waals surface area contributed by atoms with Crippen LogP contribution in [0.25, 0.3) is 0 Å². The minimum absolute atomic E-state index is 0.108. The average molecular weight is 380 g/mol. The second kappa shape index (κ2) is 7.48. The molecule has 8 nitrogen and oxygen atoms in total. The number of carbonyl (C=O) groups excluding carboxylic acids is 1. The predicted molar refractivity (Wildman–Crippen MR) is 87.4 cm³/mol. The van der Waals surface area contributed by atoms with Gasteiger partial charge in [-0.3, -0.25) is 9.48 Å². The zero-order valence-electron chi connectivity index (χ0n) is 14.1. The molecule has 0 atom stereocenters. The third kappa shape index (κ3) is 4.63. The molecule has 0 fully saturated rings. The van der Waals surface area contributed by atoms with Gasteiger partial charge >= 0.3 is 6.18 Å². The Kier molecular flexibility index (Phi) is 5.10. The van der Waals surface area contributed by atoms with Crippen molar-refractivity contribution in [3.63, 3.8) is 0 Å². The zero-order chi connectivity index (χ0) is 19.4. The highest BCUT2D eigenvalue weighted by Gasteiger charge is 2.35. The minimum atomic E-state index is -4.62. The Labute approximate surface area is 151 Å². The summed E-state index contributed by atoms with van der Waals surface area (Å²) in [6, 6.07) is 10.2. The molecule has 11 heteroatoms. The largest absolute Gasteiger partial charge is 0.435 e. The van der Waals surface area contributed by atoms with Crippen molar-refractivity contribution in [3.05, 3.63) is 59.2 Å². The summed E-state index contributed by atoms with van der Waals surface area (Å²) in [6.07, 6.45) is -4.62. The molecule has 0 aliphatic rings. The van der Waals surface area contributed by atoms with Gasteiger partial charge in [0.15, 0.2) is 5.69 Å². The molecule has 0 radical (unpaired) electrons. The number of amides is 1. The van der Waals surface area contributed by atoms with Crippen LogP contribution in [0.4, 0.5) is 19.1 Å². The van der Waals surface area contributed by atoms with Gasteiger partial charge in [-0.1, -0.05) is 30.3 Å². The van der Waals surface area contributed by atoms with E-state index in [0.29, 0.717) is 12.6 Å². The Morgan fingerprint density at radius 2 is 1.96 bits per heavy atom. The number of rotatable bonds is 6. The molecule has 0 aliphatic carbocycles. The molecule has 0 aliphatic heterocycles. The fourth-order valence-electron chi connectivity index (χ4n) is 2.24. The molecule has 0 saturated heterocycles. The van der Waals surface area contributed by atoms with Crippen molar-refractivity contribution in [1.82, 2.24) is 25.2 Å². The van der Waals surface area contributed by atoms with Crippen LogP contribution in [-0.4, -0.2) is 25.8 Å². The Morgan fingerprint density at radius 3 is 2.63 bits per heavy atom. The Hall–Kier alpha value is -3.37. The average Bonchev–Trinajstić information content (AvgIpc) is 3.25. The number of aryl methyl sites for hydroxylation is 1. The highest BCUT2D eigenvalue weighted by molar-refractivity contribution is 5.92. The third-order valence-corrected chi connectivity index (χ3v) is 3.56. The summed E-state index contributed by atoms with van der Waals surface area (Å²) < 4.78 is 43.8. The van der Waals surface area contributed by atoms with E-state index in [0.717, 1.165) is 10.2 Å². The molecular weight excluding hydrogens is 365 g/mol. The monoisotopic (exact) mass is 380 g/mol. The van der Waals surface area contributed by atoms with Gasteiger partial charge in [0.2, 0.25) is 5.89 Å². The second-order valence-electron chi connectivity index (χ2n) is 5.57. The molecule has 27 heavy (non-hydrogen) atoms. The highest BCUT2D eigenvalue weighted by atomic mass is 19.4. The van der Waals surface area contributed by atoms with E-state index < -0.39 is 17.8 Å². The predicted octanol–water partition coefficient (Wildman–Crippen LogP) is 2.36. The lowest BCUT2D eigenvalue weighted by Gasteiger charge is -2.02. The normalized spacial score (nSPS) is 11.4. The molecule has 3 rings (SSSR count). The first-order valence-corrected chi connectivity index (χ1v) is 7.83. The maximum absolute atomic E-state index is 12.6. The molecule has 0 spiro atoms. The van der Waals surface area contributed by atoms with Gasteiger partial charge in [-0.05, 0) is 10.7 Å². The van der Waals surface area contributed by atoms with E-state index in [1.54, 1.807) is 0 Å². The Balaban J connectivity index is 1.55. The molecule has 0 unspecified atom stereocenters. The van der Waals surface area contributed by atoms with E-state index >= 15 is 0 Å². The molecule has 2 heterocycles. The van der Waals surface area contributed by atoms with Crippen LogP contribution in [0.2, 0.25) is 0 Å². The van der Waals surface area contributed by atoms with Gasteiger partial charge in [-0.15, -0.1) is 0 Å². The summed E-state index contributed by atoms with van der Waals surface area (Å²) in [5.41, 5.74) is -0.349. The van der Waals surface area contributed by atoms with Gasteiger partial charge < -0.3 is 15.2 Å². The van der Waals surface area contributed by atoms with Gasteiger partial charge in [0.05, 0.1) is 6.54 Å². The SMILES string of the molecule is Cn1nc(C(F)(F)F)cc1C(=O)NCc1nc(NCc2ccccc2)no1. The number of alkyl halides is 3. The van der Waals surface area contributed by atoms with Crippen LogP contribution in [0, 0.1) is 0 Å². The van der Waals surface area contributed by atoms with E-state index in [1.165, 1.54) is 7.05 Å². The van der Waals surface area contributed by atoms with Crippen LogP contribution in [-0.2, 0) is 26.3 Å². The van der Waals surface area contributed by atoms with Crippen molar-refractivity contribution in [2.24, 2.45) is 7.05 Å². The highest BCUT2D eigenvalue weighted by Crippen LogP contribution is 2.28. The molecule has 142 valence electrons. The molecule has 2 N–H and O–H groups in total. The van der Waals surface area contributed by atoms with E-state index in [9.17, 15) is 18.0 Å². The van der Waals surface area contributed by atoms with Gasteiger partial charge in [0, 0.05) is 19.7 Å². The van der Waals surface area contributed by atoms with Crippen LogP contribution >= 0.6 is 0 Å². The molecule has 1 aromatic carbocycles. The van der Waals surface area contributed by atoms with Gasteiger partial charge in [0.25, 0.3) is 11.9 Å². The number of aromatic nitrogens is 4. The van der Waals surface area contributed by atoms with Crippen molar-refractivity contribution in [2.75, 3.05) is 5.32 Å². The second-order valence-corrected chi connectivity index (χ2v) is 5.57. The fourth-order valence-corrected chi connectivity index (χ4v) is 2.24. The van der Waals surface area contributed by atoms with E-state index in [2.05, 4.69) is 25.9 Å². The summed E-state index contributed by atoms with van der Waals surface area (Å²) in [5, 5.41) is 12.4. The summed E-state index contributed by atoms with van der Waals surface area (Å²) in [4.78, 5) is 16.1. The summed E-state index contributed by atoms with van der Waals surface area (Å²) in [6.45, 7) is 0.354. The van der Waals surface area contributed by atoms with Crippen molar-refractivity contribution < 1.29 is 22.5 Å². The number of hydrogen-bond acceptors (Lipinski definition) is 6. The lowest BCUT2D eigenvalue weighted by Crippen LogP contribution is -2.25. The van der Waals surface area contributed by atoms with E-state index in [-0.39, 0.29) is 24.1 Å². The number of nitrogens with zero attached hydrogens (tertiary/aromatic N) is 4. The Bertz CT molecular complexity index is 920. The third-order valence-electron chi connectivity index (χ3n) is 3.56. The first kappa shape index (κ1) is 18.4. The summed E-state index contributed by atoms with van der Waals surface area (Å²) in [7, 11) is 1.25. The van der Waals surface area contributed by atoms with Crippen LogP contribution < -0.4 is 10.6 Å². The summed E-state index contributed by atoms with van der Waals surface area (Å²) >= 11 is 0. The van der Waals surface area contributed by atoms with Crippen molar-refractivity contribution in [3.8, 4) is 0 Å². The van der Waals surface area contributed by atoms with Crippen LogP contribution in [0.15, 0.2) is 40.9 Å². The molecule has 3 aromatic rings. The minimum Gasteiger partial charge on any atom is -0.348 e. The quantitative estimate of drug-likeness (QED) is 0.681. The van der Waals surface area contributed by atoms with Crippen LogP contribution in [0.1, 0.15) is 27.6 Å². The molecule has 2 aromatic heterocycles. The molecule has 1 amide bonds. The lowest BCUT2D eigenvalue weighted by atomic mass is 10.2. The number of anilines is 1. The van der Waals surface area contributed by atoms with Crippen LogP contribution in [0.3, 0.4) is 0 Å². The Morgan fingerprint density at radius 1 is 1.22 bits per heavy atom.